The number of benzene rings is 1. The van der Waals surface area contributed by atoms with E-state index in [9.17, 15) is 4.79 Å². The minimum absolute atomic E-state index is 0.229. The maximum absolute atomic E-state index is 12.7. The summed E-state index contributed by atoms with van der Waals surface area (Å²) in [5, 5.41) is 0. The number of hydrogen-bond donors (Lipinski definition) is 0. The van der Waals surface area contributed by atoms with Gasteiger partial charge in [-0.3, -0.25) is 14.7 Å². The largest absolute Gasteiger partial charge is 0.494 e. The second-order valence-corrected chi connectivity index (χ2v) is 8.40. The van der Waals surface area contributed by atoms with Crippen molar-refractivity contribution in [1.29, 1.82) is 0 Å². The maximum Gasteiger partial charge on any atom is 0.226 e. The molecule has 0 unspecified atom stereocenters. The summed E-state index contributed by atoms with van der Waals surface area (Å²) < 4.78 is 11.6. The number of piperidine rings is 2. The van der Waals surface area contributed by atoms with E-state index in [4.69, 9.17) is 9.47 Å². The topological polar surface area (TPSA) is 54.9 Å². The molecule has 2 saturated heterocycles. The first-order valence-corrected chi connectivity index (χ1v) is 11.5. The highest BCUT2D eigenvalue weighted by atomic mass is 16.5. The number of ether oxygens (including phenoxy) is 2. The average molecular weight is 424 g/mol. The van der Waals surface area contributed by atoms with E-state index in [-0.39, 0.29) is 12.0 Å². The van der Waals surface area contributed by atoms with Crippen LogP contribution in [0.2, 0.25) is 0 Å². The minimum atomic E-state index is 0.229. The second-order valence-electron chi connectivity index (χ2n) is 8.40. The lowest BCUT2D eigenvalue weighted by Gasteiger charge is -2.41. The van der Waals surface area contributed by atoms with Crippen molar-refractivity contribution in [2.45, 2.75) is 51.2 Å². The molecule has 6 heteroatoms. The van der Waals surface area contributed by atoms with Crippen molar-refractivity contribution in [3.8, 4) is 11.5 Å². The number of carbonyl (C=O) groups is 1. The Morgan fingerprint density at radius 3 is 2.26 bits per heavy atom. The van der Waals surface area contributed by atoms with Crippen LogP contribution in [0.5, 0.6) is 11.5 Å². The molecule has 0 bridgehead atoms. The summed E-state index contributed by atoms with van der Waals surface area (Å²) in [5.41, 5.74) is 1.05. The van der Waals surface area contributed by atoms with E-state index >= 15 is 0 Å². The van der Waals surface area contributed by atoms with Gasteiger partial charge in [-0.05, 0) is 62.4 Å². The molecular formula is C25H33N3O3. The Bertz CT molecular complexity index is 812. The van der Waals surface area contributed by atoms with Crippen LogP contribution >= 0.6 is 0 Å². The molecule has 2 aliphatic heterocycles. The number of carbonyl (C=O) groups excluding carboxylic acids is 1. The van der Waals surface area contributed by atoms with E-state index in [2.05, 4.69) is 9.88 Å². The van der Waals surface area contributed by atoms with Crippen molar-refractivity contribution >= 4 is 5.91 Å². The number of pyridine rings is 1. The van der Waals surface area contributed by atoms with Crippen LogP contribution in [0.15, 0.2) is 48.8 Å². The quantitative estimate of drug-likeness (QED) is 0.682. The minimum Gasteiger partial charge on any atom is -0.494 e. The lowest BCUT2D eigenvalue weighted by atomic mass is 9.98. The molecule has 0 aliphatic carbocycles. The fraction of sp³-hybridized carbons (Fsp3) is 0.520. The molecule has 4 rings (SSSR count). The number of hydrogen-bond acceptors (Lipinski definition) is 5. The zero-order valence-electron chi connectivity index (χ0n) is 18.4. The van der Waals surface area contributed by atoms with Gasteiger partial charge >= 0.3 is 0 Å². The van der Waals surface area contributed by atoms with Crippen LogP contribution in [0.25, 0.3) is 0 Å². The van der Waals surface area contributed by atoms with Gasteiger partial charge in [0.1, 0.15) is 17.6 Å². The summed E-state index contributed by atoms with van der Waals surface area (Å²) in [6.45, 7) is 6.48. The van der Waals surface area contributed by atoms with E-state index in [1.807, 2.05) is 48.2 Å². The third-order valence-corrected chi connectivity index (χ3v) is 6.35. The molecule has 0 spiro atoms. The van der Waals surface area contributed by atoms with Gasteiger partial charge in [0.25, 0.3) is 0 Å². The second kappa shape index (κ2) is 10.6. The number of nitrogens with zero attached hydrogens (tertiary/aromatic N) is 3. The van der Waals surface area contributed by atoms with Crippen LogP contribution in [0, 0.1) is 0 Å². The van der Waals surface area contributed by atoms with Gasteiger partial charge in [0, 0.05) is 44.6 Å². The molecule has 6 nitrogen and oxygen atoms in total. The fourth-order valence-corrected chi connectivity index (χ4v) is 4.61. The van der Waals surface area contributed by atoms with Crippen LogP contribution in [-0.2, 0) is 11.2 Å². The standard InChI is InChI=1S/C25H33N3O3/c1-2-30-22-5-3-20(4-6-22)19-25(29)28-15-9-21(10-16-28)27-17-11-24(12-18-27)31-23-7-13-26-14-8-23/h3-8,13-14,21,24H,2,9-12,15-19H2,1H3. The van der Waals surface area contributed by atoms with Crippen molar-refractivity contribution < 1.29 is 14.3 Å². The van der Waals surface area contributed by atoms with Crippen molar-refractivity contribution in [1.82, 2.24) is 14.8 Å². The van der Waals surface area contributed by atoms with Crippen LogP contribution in [0.4, 0.5) is 0 Å². The van der Waals surface area contributed by atoms with E-state index in [0.29, 0.717) is 19.1 Å². The Kier molecular flexibility index (Phi) is 7.41. The van der Waals surface area contributed by atoms with Gasteiger partial charge < -0.3 is 14.4 Å². The molecule has 0 saturated carbocycles. The average Bonchev–Trinajstić information content (AvgIpc) is 2.82. The van der Waals surface area contributed by atoms with E-state index < -0.39 is 0 Å². The van der Waals surface area contributed by atoms with Crippen LogP contribution in [0.1, 0.15) is 38.2 Å². The number of aromatic nitrogens is 1. The van der Waals surface area contributed by atoms with Gasteiger partial charge in [0.15, 0.2) is 0 Å². The van der Waals surface area contributed by atoms with Gasteiger partial charge in [-0.25, -0.2) is 0 Å². The highest BCUT2D eigenvalue weighted by Crippen LogP contribution is 2.24. The lowest BCUT2D eigenvalue weighted by molar-refractivity contribution is -0.132. The first-order valence-electron chi connectivity index (χ1n) is 11.5. The van der Waals surface area contributed by atoms with Crippen LogP contribution in [0.3, 0.4) is 0 Å². The third-order valence-electron chi connectivity index (χ3n) is 6.35. The normalized spacial score (nSPS) is 18.7. The Morgan fingerprint density at radius 1 is 0.935 bits per heavy atom. The van der Waals surface area contributed by atoms with E-state index in [0.717, 1.165) is 68.9 Å². The molecule has 31 heavy (non-hydrogen) atoms. The highest BCUT2D eigenvalue weighted by Gasteiger charge is 2.30. The first kappa shape index (κ1) is 21.6. The molecule has 0 radical (unpaired) electrons. The highest BCUT2D eigenvalue weighted by molar-refractivity contribution is 5.78. The van der Waals surface area contributed by atoms with Gasteiger partial charge in [-0.2, -0.15) is 0 Å². The van der Waals surface area contributed by atoms with Crippen molar-refractivity contribution in [2.24, 2.45) is 0 Å². The molecular weight excluding hydrogens is 390 g/mol. The predicted molar refractivity (Wildman–Crippen MR) is 120 cm³/mol. The SMILES string of the molecule is CCOc1ccc(CC(=O)N2CCC(N3CCC(Oc4ccncc4)CC3)CC2)cc1. The molecule has 0 N–H and O–H groups in total. The molecule has 1 amide bonds. The molecule has 2 fully saturated rings. The van der Waals surface area contributed by atoms with Gasteiger partial charge in [0.05, 0.1) is 13.0 Å². The van der Waals surface area contributed by atoms with E-state index in [1.165, 1.54) is 0 Å². The number of amides is 1. The van der Waals surface area contributed by atoms with Crippen LogP contribution in [-0.4, -0.2) is 65.6 Å². The summed E-state index contributed by atoms with van der Waals surface area (Å²) in [6, 6.07) is 12.3. The Hall–Kier alpha value is -2.60. The van der Waals surface area contributed by atoms with Crippen LogP contribution < -0.4 is 9.47 Å². The van der Waals surface area contributed by atoms with Gasteiger partial charge in [-0.1, -0.05) is 12.1 Å². The Morgan fingerprint density at radius 2 is 1.61 bits per heavy atom. The van der Waals surface area contributed by atoms with Gasteiger partial charge in [-0.15, -0.1) is 0 Å². The molecule has 2 aromatic rings. The molecule has 3 heterocycles. The monoisotopic (exact) mass is 423 g/mol. The smallest absolute Gasteiger partial charge is 0.226 e. The Balaban J connectivity index is 1.19. The molecule has 2 aliphatic rings. The number of rotatable bonds is 7. The summed E-state index contributed by atoms with van der Waals surface area (Å²) in [7, 11) is 0. The number of likely N-dealkylation sites (tertiary alicyclic amines) is 2. The zero-order chi connectivity index (χ0) is 21.5. The fourth-order valence-electron chi connectivity index (χ4n) is 4.61. The summed E-state index contributed by atoms with van der Waals surface area (Å²) in [6.07, 6.45) is 8.53. The van der Waals surface area contributed by atoms with Crippen molar-refractivity contribution in [3.63, 3.8) is 0 Å². The summed E-state index contributed by atoms with van der Waals surface area (Å²) in [4.78, 5) is 21.4. The third kappa shape index (κ3) is 5.97. The zero-order valence-corrected chi connectivity index (χ0v) is 18.4. The van der Waals surface area contributed by atoms with Crippen molar-refractivity contribution in [3.05, 3.63) is 54.4 Å². The molecule has 1 aromatic heterocycles. The molecule has 0 atom stereocenters. The predicted octanol–water partition coefficient (Wildman–Crippen LogP) is 3.56. The summed E-state index contributed by atoms with van der Waals surface area (Å²) in [5.74, 6) is 1.99. The summed E-state index contributed by atoms with van der Waals surface area (Å²) >= 11 is 0. The van der Waals surface area contributed by atoms with Gasteiger partial charge in [0.2, 0.25) is 5.91 Å². The maximum atomic E-state index is 12.7. The van der Waals surface area contributed by atoms with Crippen molar-refractivity contribution in [2.75, 3.05) is 32.8 Å². The van der Waals surface area contributed by atoms with E-state index in [1.54, 1.807) is 12.4 Å². The first-order chi connectivity index (χ1) is 15.2. The molecule has 1 aromatic carbocycles. The molecule has 166 valence electrons. The lowest BCUT2D eigenvalue weighted by Crippen LogP contribution is -2.50. The Labute approximate surface area is 185 Å².